The normalized spacial score (nSPS) is 30.5. The zero-order valence-corrected chi connectivity index (χ0v) is 14.4. The van der Waals surface area contributed by atoms with Crippen LogP contribution >= 0.6 is 12.4 Å². The number of nitrogens with two attached hydrogens (primary N) is 1. The van der Waals surface area contributed by atoms with Crippen LogP contribution in [0.25, 0.3) is 0 Å². The minimum atomic E-state index is -0.608. The number of phenols is 1. The molecule has 0 unspecified atom stereocenters. The number of hydrogen-bond donors (Lipinski definition) is 2. The third-order valence-corrected chi connectivity index (χ3v) is 5.44. The second kappa shape index (κ2) is 6.67. The number of ether oxygens (including phenoxy) is 1. The van der Waals surface area contributed by atoms with Gasteiger partial charge in [-0.05, 0) is 26.0 Å². The summed E-state index contributed by atoms with van der Waals surface area (Å²) >= 11 is 0. The van der Waals surface area contributed by atoms with Gasteiger partial charge in [0.15, 0.2) is 0 Å². The second-order valence-corrected chi connectivity index (χ2v) is 6.61. The van der Waals surface area contributed by atoms with Gasteiger partial charge in [0.05, 0.1) is 5.56 Å². The van der Waals surface area contributed by atoms with E-state index in [9.17, 15) is 9.90 Å². The molecule has 1 aromatic rings. The van der Waals surface area contributed by atoms with Gasteiger partial charge in [-0.1, -0.05) is 18.6 Å². The molecule has 1 aliphatic heterocycles. The fourth-order valence-corrected chi connectivity index (χ4v) is 4.59. The lowest BCUT2D eigenvalue weighted by atomic mass is 9.62. The summed E-state index contributed by atoms with van der Waals surface area (Å²) in [5.74, 6) is -0.00459. The highest BCUT2D eigenvalue weighted by molar-refractivity contribution is 5.96. The molecule has 0 aromatic heterocycles. The molecule has 2 bridgehead atoms. The van der Waals surface area contributed by atoms with E-state index < -0.39 is 11.5 Å². The number of amides is 1. The molecule has 6 heteroatoms. The molecule has 128 valence electrons. The molecule has 2 aliphatic rings. The number of para-hydroxylation sites is 1. The summed E-state index contributed by atoms with van der Waals surface area (Å²) in [6.07, 6.45) is 3.31. The molecule has 0 spiro atoms. The van der Waals surface area contributed by atoms with Crippen molar-refractivity contribution < 1.29 is 14.6 Å². The number of carbonyl (C=O) groups is 1. The Morgan fingerprint density at radius 3 is 2.48 bits per heavy atom. The number of likely N-dealkylation sites (tertiary alicyclic amines) is 1. The number of fused-ring (bicyclic) bond motifs is 2. The number of primary amides is 1. The predicted molar refractivity (Wildman–Crippen MR) is 90.9 cm³/mol. The second-order valence-electron chi connectivity index (χ2n) is 6.61. The highest BCUT2D eigenvalue weighted by Gasteiger charge is 2.53. The monoisotopic (exact) mass is 340 g/mol. The third kappa shape index (κ3) is 2.71. The van der Waals surface area contributed by atoms with E-state index >= 15 is 0 Å². The summed E-state index contributed by atoms with van der Waals surface area (Å²) in [5, 5.41) is 10.6. The average Bonchev–Trinajstić information content (AvgIpc) is 2.46. The van der Waals surface area contributed by atoms with Gasteiger partial charge in [-0.2, -0.15) is 0 Å². The number of aromatic hydroxyl groups is 1. The highest BCUT2D eigenvalue weighted by Crippen LogP contribution is 2.53. The maximum atomic E-state index is 11.6. The first-order chi connectivity index (χ1) is 10.5. The fourth-order valence-electron chi connectivity index (χ4n) is 4.59. The van der Waals surface area contributed by atoms with Crippen LogP contribution in [0.3, 0.4) is 0 Å². The molecule has 23 heavy (non-hydrogen) atoms. The summed E-state index contributed by atoms with van der Waals surface area (Å²) < 4.78 is 6.06. The first-order valence-electron chi connectivity index (χ1n) is 7.86. The first-order valence-corrected chi connectivity index (χ1v) is 7.86. The van der Waals surface area contributed by atoms with E-state index in [1.165, 1.54) is 6.42 Å². The maximum Gasteiger partial charge on any atom is 0.252 e. The van der Waals surface area contributed by atoms with E-state index in [2.05, 4.69) is 11.9 Å². The van der Waals surface area contributed by atoms with Gasteiger partial charge in [-0.25, -0.2) is 0 Å². The number of nitrogens with zero attached hydrogens (tertiary/aromatic N) is 1. The Labute approximate surface area is 143 Å². The molecule has 1 amide bonds. The van der Waals surface area contributed by atoms with Crippen LogP contribution in [0.4, 0.5) is 0 Å². The van der Waals surface area contributed by atoms with Crippen LogP contribution in [-0.2, 0) is 10.3 Å². The van der Waals surface area contributed by atoms with Gasteiger partial charge in [0.2, 0.25) is 0 Å². The number of rotatable bonds is 3. The smallest absolute Gasteiger partial charge is 0.252 e. The van der Waals surface area contributed by atoms with Gasteiger partial charge in [-0.3, -0.25) is 4.79 Å². The molecule has 1 heterocycles. The summed E-state index contributed by atoms with van der Waals surface area (Å²) in [6.45, 7) is 1.87. The van der Waals surface area contributed by atoms with Crippen molar-refractivity contribution in [2.75, 3.05) is 27.2 Å². The van der Waals surface area contributed by atoms with Crippen LogP contribution in [0, 0.1) is 11.8 Å². The van der Waals surface area contributed by atoms with Gasteiger partial charge in [-0.15, -0.1) is 12.4 Å². The molecule has 1 aromatic carbocycles. The molecule has 0 radical (unpaired) electrons. The molecule has 3 rings (SSSR count). The Kier molecular flexibility index (Phi) is 5.23. The number of methoxy groups -OCH3 is 1. The zero-order chi connectivity index (χ0) is 15.9. The van der Waals surface area contributed by atoms with Crippen molar-refractivity contribution >= 4 is 18.3 Å². The summed E-state index contributed by atoms with van der Waals surface area (Å²) in [5.41, 5.74) is 5.75. The van der Waals surface area contributed by atoms with Crippen LogP contribution in [0.1, 0.15) is 35.2 Å². The lowest BCUT2D eigenvalue weighted by molar-refractivity contribution is -0.166. The summed E-state index contributed by atoms with van der Waals surface area (Å²) in [7, 11) is 3.84. The van der Waals surface area contributed by atoms with Gasteiger partial charge < -0.3 is 20.5 Å². The predicted octanol–water partition coefficient (Wildman–Crippen LogP) is 2.12. The molecule has 3 atom stereocenters. The Morgan fingerprint density at radius 1 is 1.35 bits per heavy atom. The average molecular weight is 341 g/mol. The van der Waals surface area contributed by atoms with Crippen molar-refractivity contribution in [3.8, 4) is 5.75 Å². The Morgan fingerprint density at radius 2 is 1.96 bits per heavy atom. The van der Waals surface area contributed by atoms with E-state index in [0.717, 1.165) is 25.9 Å². The van der Waals surface area contributed by atoms with Crippen molar-refractivity contribution in [2.24, 2.45) is 17.6 Å². The summed E-state index contributed by atoms with van der Waals surface area (Å²) in [6, 6.07) is 5.22. The van der Waals surface area contributed by atoms with Crippen molar-refractivity contribution in [3.63, 3.8) is 0 Å². The van der Waals surface area contributed by atoms with Gasteiger partial charge in [0.25, 0.3) is 5.91 Å². The Bertz CT molecular complexity index is 579. The molecule has 1 saturated carbocycles. The Hall–Kier alpha value is -1.30. The van der Waals surface area contributed by atoms with Gasteiger partial charge in [0.1, 0.15) is 11.4 Å². The van der Waals surface area contributed by atoms with Crippen LogP contribution in [0.15, 0.2) is 18.2 Å². The van der Waals surface area contributed by atoms with Crippen LogP contribution < -0.4 is 5.73 Å². The van der Waals surface area contributed by atoms with Crippen molar-refractivity contribution in [3.05, 3.63) is 29.3 Å². The highest BCUT2D eigenvalue weighted by atomic mass is 35.5. The van der Waals surface area contributed by atoms with E-state index in [1.54, 1.807) is 19.2 Å². The van der Waals surface area contributed by atoms with Crippen molar-refractivity contribution in [2.45, 2.75) is 24.9 Å². The molecule has 2 fully saturated rings. The zero-order valence-electron chi connectivity index (χ0n) is 13.6. The number of piperidine rings is 1. The minimum Gasteiger partial charge on any atom is -0.507 e. The molecular formula is C17H25ClN2O3. The molecule has 5 nitrogen and oxygen atoms in total. The van der Waals surface area contributed by atoms with E-state index in [-0.39, 0.29) is 23.7 Å². The van der Waals surface area contributed by atoms with Crippen LogP contribution in [0.2, 0.25) is 0 Å². The fraction of sp³-hybridized carbons (Fsp3) is 0.588. The van der Waals surface area contributed by atoms with Crippen molar-refractivity contribution in [1.29, 1.82) is 0 Å². The third-order valence-electron chi connectivity index (χ3n) is 5.44. The van der Waals surface area contributed by atoms with E-state index in [4.69, 9.17) is 10.5 Å². The number of carbonyl (C=O) groups excluding carboxylic acids is 1. The molecular weight excluding hydrogens is 316 g/mol. The quantitative estimate of drug-likeness (QED) is 0.883. The van der Waals surface area contributed by atoms with Crippen molar-refractivity contribution in [1.82, 2.24) is 4.90 Å². The minimum absolute atomic E-state index is 0. The maximum absolute atomic E-state index is 11.6. The number of benzene rings is 1. The van der Waals surface area contributed by atoms with E-state index in [1.807, 2.05) is 6.07 Å². The molecule has 3 N–H and O–H groups in total. The summed E-state index contributed by atoms with van der Waals surface area (Å²) in [4.78, 5) is 13.9. The van der Waals surface area contributed by atoms with Crippen LogP contribution in [0.5, 0.6) is 5.75 Å². The SMILES string of the molecule is CO[C@]1(c2cccc(C(N)=O)c2O)[C@@H]2CCC[C@H]1CN(C)C2.Cl. The number of halogens is 1. The Balaban J connectivity index is 0.00000192. The first kappa shape index (κ1) is 18.0. The lowest BCUT2D eigenvalue weighted by Crippen LogP contribution is -2.58. The number of hydrogen-bond acceptors (Lipinski definition) is 4. The van der Waals surface area contributed by atoms with Gasteiger partial charge in [0, 0.05) is 37.6 Å². The van der Waals surface area contributed by atoms with E-state index in [0.29, 0.717) is 17.4 Å². The molecule has 1 aliphatic carbocycles. The molecule has 1 saturated heterocycles. The lowest BCUT2D eigenvalue weighted by Gasteiger charge is -2.54. The largest absolute Gasteiger partial charge is 0.507 e. The topological polar surface area (TPSA) is 75.8 Å². The van der Waals surface area contributed by atoms with Crippen LogP contribution in [-0.4, -0.2) is 43.2 Å². The van der Waals surface area contributed by atoms with Gasteiger partial charge >= 0.3 is 0 Å². The standard InChI is InChI=1S/C17H24N2O3.ClH/c1-19-9-11-5-3-6-12(10-19)17(11,22-2)14-8-4-7-13(15(14)20)16(18)21;/h4,7-8,11-12,20H,3,5-6,9-10H2,1-2H3,(H2,18,21);1H/t11-,12+,17-;.